The lowest BCUT2D eigenvalue weighted by Crippen LogP contribution is -2.40. The number of halogens is 1. The summed E-state index contributed by atoms with van der Waals surface area (Å²) in [5, 5.41) is 9.05. The fourth-order valence-electron chi connectivity index (χ4n) is 2.41. The van der Waals surface area contributed by atoms with Crippen LogP contribution in [0.2, 0.25) is 0 Å². The number of amides is 1. The number of carbonyl (C=O) groups excluding carboxylic acids is 1. The van der Waals surface area contributed by atoms with Gasteiger partial charge in [0, 0.05) is 17.4 Å². The highest BCUT2D eigenvalue weighted by Gasteiger charge is 2.33. The molecule has 2 rings (SSSR count). The van der Waals surface area contributed by atoms with Crippen molar-refractivity contribution in [3.05, 3.63) is 28.7 Å². The highest BCUT2D eigenvalue weighted by Crippen LogP contribution is 2.19. The van der Waals surface area contributed by atoms with Gasteiger partial charge in [-0.05, 0) is 43.5 Å². The van der Waals surface area contributed by atoms with Crippen LogP contribution in [0.25, 0.3) is 0 Å². The maximum Gasteiger partial charge on any atom is 0.326 e. The highest BCUT2D eigenvalue weighted by molar-refractivity contribution is 9.10. The first kappa shape index (κ1) is 15.8. The van der Waals surface area contributed by atoms with Crippen LogP contribution >= 0.6 is 15.9 Å². The van der Waals surface area contributed by atoms with E-state index in [9.17, 15) is 9.59 Å². The number of hydrogen-bond donors (Lipinski definition) is 1. The maximum atomic E-state index is 12.0. The van der Waals surface area contributed by atoms with Crippen LogP contribution in [0.3, 0.4) is 0 Å². The largest absolute Gasteiger partial charge is 0.494 e. The van der Waals surface area contributed by atoms with Crippen molar-refractivity contribution in [1.29, 1.82) is 0 Å². The second-order valence-electron chi connectivity index (χ2n) is 4.99. The van der Waals surface area contributed by atoms with E-state index < -0.39 is 12.0 Å². The van der Waals surface area contributed by atoms with Crippen molar-refractivity contribution in [2.45, 2.75) is 31.7 Å². The smallest absolute Gasteiger partial charge is 0.326 e. The van der Waals surface area contributed by atoms with E-state index in [1.54, 1.807) is 0 Å². The van der Waals surface area contributed by atoms with Crippen molar-refractivity contribution in [3.63, 3.8) is 0 Å². The van der Waals surface area contributed by atoms with Gasteiger partial charge in [-0.1, -0.05) is 15.9 Å². The molecule has 1 aromatic rings. The molecule has 0 aromatic heterocycles. The van der Waals surface area contributed by atoms with Crippen molar-refractivity contribution in [3.8, 4) is 5.75 Å². The number of carbonyl (C=O) groups is 2. The number of aliphatic carboxylic acids is 1. The lowest BCUT2D eigenvalue weighted by Gasteiger charge is -2.21. The number of hydrogen-bond acceptors (Lipinski definition) is 3. The zero-order valence-corrected chi connectivity index (χ0v) is 13.2. The molecule has 5 nitrogen and oxygen atoms in total. The molecule has 0 spiro atoms. The molecule has 1 aromatic carbocycles. The number of carboxylic acid groups (broad SMARTS) is 1. The van der Waals surface area contributed by atoms with Crippen molar-refractivity contribution < 1.29 is 19.4 Å². The van der Waals surface area contributed by atoms with Gasteiger partial charge in [-0.15, -0.1) is 0 Å². The molecule has 1 atom stereocenters. The molecule has 0 aliphatic carbocycles. The van der Waals surface area contributed by atoms with E-state index in [0.29, 0.717) is 32.4 Å². The number of likely N-dealkylation sites (tertiary alicyclic amines) is 1. The van der Waals surface area contributed by atoms with Crippen LogP contribution < -0.4 is 4.74 Å². The first-order valence-corrected chi connectivity index (χ1v) is 7.78. The average Bonchev–Trinajstić information content (AvgIpc) is 2.95. The van der Waals surface area contributed by atoms with Crippen LogP contribution in [-0.2, 0) is 9.59 Å². The van der Waals surface area contributed by atoms with Crippen molar-refractivity contribution in [2.24, 2.45) is 0 Å². The molecule has 0 saturated carbocycles. The standard InChI is InChI=1S/C15H18BrNO4/c16-11-5-7-12(8-6-11)21-10-2-4-14(18)17-9-1-3-13(17)15(19)20/h5-8,13H,1-4,9-10H2,(H,19,20)/t13-/m0/s1. The van der Waals surface area contributed by atoms with Crippen LogP contribution in [0, 0.1) is 0 Å². The Kier molecular flexibility index (Phi) is 5.61. The summed E-state index contributed by atoms with van der Waals surface area (Å²) in [4.78, 5) is 24.5. The summed E-state index contributed by atoms with van der Waals surface area (Å²) in [6, 6.07) is 6.84. The number of benzene rings is 1. The van der Waals surface area contributed by atoms with Crippen molar-refractivity contribution in [1.82, 2.24) is 4.90 Å². The monoisotopic (exact) mass is 355 g/mol. The molecule has 1 fully saturated rings. The van der Waals surface area contributed by atoms with Gasteiger partial charge in [0.25, 0.3) is 0 Å². The summed E-state index contributed by atoms with van der Waals surface area (Å²) in [7, 11) is 0. The van der Waals surface area contributed by atoms with Crippen LogP contribution in [0.4, 0.5) is 0 Å². The van der Waals surface area contributed by atoms with Gasteiger partial charge >= 0.3 is 5.97 Å². The van der Waals surface area contributed by atoms with Gasteiger partial charge in [0.15, 0.2) is 0 Å². The molecule has 0 bridgehead atoms. The van der Waals surface area contributed by atoms with Crippen LogP contribution in [0.1, 0.15) is 25.7 Å². The molecule has 114 valence electrons. The van der Waals surface area contributed by atoms with Crippen molar-refractivity contribution >= 4 is 27.8 Å². The Labute approximate surface area is 132 Å². The molecular formula is C15H18BrNO4. The fourth-order valence-corrected chi connectivity index (χ4v) is 2.67. The topological polar surface area (TPSA) is 66.8 Å². The molecule has 1 N–H and O–H groups in total. The van der Waals surface area contributed by atoms with E-state index in [2.05, 4.69) is 15.9 Å². The Bertz CT molecular complexity index is 503. The summed E-state index contributed by atoms with van der Waals surface area (Å²) >= 11 is 3.35. The lowest BCUT2D eigenvalue weighted by molar-refractivity contribution is -0.148. The summed E-state index contributed by atoms with van der Waals surface area (Å²) in [5.41, 5.74) is 0. The van der Waals surface area contributed by atoms with E-state index >= 15 is 0 Å². The van der Waals surface area contributed by atoms with Gasteiger partial charge in [0.2, 0.25) is 5.91 Å². The van der Waals surface area contributed by atoms with Gasteiger partial charge in [-0.3, -0.25) is 4.79 Å². The molecule has 1 saturated heterocycles. The third kappa shape index (κ3) is 4.46. The number of ether oxygens (including phenoxy) is 1. The molecule has 6 heteroatoms. The predicted octanol–water partition coefficient (Wildman–Crippen LogP) is 2.68. The van der Waals surface area contributed by atoms with E-state index in [-0.39, 0.29) is 5.91 Å². The highest BCUT2D eigenvalue weighted by atomic mass is 79.9. The van der Waals surface area contributed by atoms with Crippen molar-refractivity contribution in [2.75, 3.05) is 13.2 Å². The minimum atomic E-state index is -0.910. The van der Waals surface area contributed by atoms with Gasteiger partial charge in [-0.25, -0.2) is 4.79 Å². The fraction of sp³-hybridized carbons (Fsp3) is 0.467. The maximum absolute atomic E-state index is 12.0. The molecule has 0 unspecified atom stereocenters. The number of carboxylic acids is 1. The number of nitrogens with zero attached hydrogens (tertiary/aromatic N) is 1. The number of rotatable bonds is 6. The second kappa shape index (κ2) is 7.45. The van der Waals surface area contributed by atoms with E-state index in [0.717, 1.165) is 16.6 Å². The third-order valence-corrected chi connectivity index (χ3v) is 4.00. The molecule has 21 heavy (non-hydrogen) atoms. The average molecular weight is 356 g/mol. The molecular weight excluding hydrogens is 338 g/mol. The Morgan fingerprint density at radius 2 is 2.05 bits per heavy atom. The molecule has 1 aliphatic rings. The lowest BCUT2D eigenvalue weighted by atomic mass is 10.2. The predicted molar refractivity (Wildman–Crippen MR) is 81.2 cm³/mol. The van der Waals surface area contributed by atoms with Gasteiger partial charge in [0.05, 0.1) is 6.61 Å². The van der Waals surface area contributed by atoms with Crippen LogP contribution in [0.15, 0.2) is 28.7 Å². The van der Waals surface area contributed by atoms with Gasteiger partial charge in [-0.2, -0.15) is 0 Å². The summed E-state index contributed by atoms with van der Waals surface area (Å²) < 4.78 is 6.53. The Hall–Kier alpha value is -1.56. The van der Waals surface area contributed by atoms with E-state index in [4.69, 9.17) is 9.84 Å². The summed E-state index contributed by atoms with van der Waals surface area (Å²) in [5.74, 6) is -0.249. The second-order valence-corrected chi connectivity index (χ2v) is 5.91. The SMILES string of the molecule is O=C(O)[C@@H]1CCCN1C(=O)CCCOc1ccc(Br)cc1. The molecule has 1 heterocycles. The molecule has 1 aliphatic heterocycles. The molecule has 0 radical (unpaired) electrons. The third-order valence-electron chi connectivity index (χ3n) is 3.48. The minimum Gasteiger partial charge on any atom is -0.494 e. The summed E-state index contributed by atoms with van der Waals surface area (Å²) in [6.07, 6.45) is 2.21. The van der Waals surface area contributed by atoms with Gasteiger partial charge in [0.1, 0.15) is 11.8 Å². The zero-order chi connectivity index (χ0) is 15.2. The van der Waals surface area contributed by atoms with Crippen LogP contribution in [0.5, 0.6) is 5.75 Å². The normalized spacial score (nSPS) is 17.8. The van der Waals surface area contributed by atoms with Crippen LogP contribution in [-0.4, -0.2) is 41.1 Å². The molecule has 1 amide bonds. The first-order valence-electron chi connectivity index (χ1n) is 6.98. The Morgan fingerprint density at radius 3 is 2.71 bits per heavy atom. The zero-order valence-electron chi connectivity index (χ0n) is 11.6. The van der Waals surface area contributed by atoms with E-state index in [1.807, 2.05) is 24.3 Å². The van der Waals surface area contributed by atoms with E-state index in [1.165, 1.54) is 4.90 Å². The van der Waals surface area contributed by atoms with Gasteiger partial charge < -0.3 is 14.7 Å². The Balaban J connectivity index is 1.72. The quantitative estimate of drug-likeness (QED) is 0.796. The minimum absolute atomic E-state index is 0.0979. The first-order chi connectivity index (χ1) is 10.1. The summed E-state index contributed by atoms with van der Waals surface area (Å²) in [6.45, 7) is 0.988. The Morgan fingerprint density at radius 1 is 1.33 bits per heavy atom.